The first-order valence-electron chi connectivity index (χ1n) is 7.80. The highest BCUT2D eigenvalue weighted by Crippen LogP contribution is 2.24. The Balaban J connectivity index is 2.30. The van der Waals surface area contributed by atoms with Crippen molar-refractivity contribution in [2.45, 2.75) is 58.0 Å². The average Bonchev–Trinajstić information content (AvgIpc) is 2.45. The highest BCUT2D eigenvalue weighted by atomic mass is 19.1. The van der Waals surface area contributed by atoms with Gasteiger partial charge in [0.1, 0.15) is 0 Å². The number of ether oxygens (including phenoxy) is 2. The van der Waals surface area contributed by atoms with Crippen LogP contribution in [0.3, 0.4) is 0 Å². The van der Waals surface area contributed by atoms with Gasteiger partial charge in [-0.2, -0.15) is 0 Å². The summed E-state index contributed by atoms with van der Waals surface area (Å²) in [5.41, 5.74) is 0. The maximum atomic E-state index is 12.9. The number of methoxy groups -OCH3 is 1. The zero-order chi connectivity index (χ0) is 14.8. The Kier molecular flexibility index (Phi) is 9.35. The van der Waals surface area contributed by atoms with Gasteiger partial charge in [0, 0.05) is 20.2 Å². The van der Waals surface area contributed by atoms with Crippen LogP contribution in [0.25, 0.3) is 0 Å². The fourth-order valence-corrected chi connectivity index (χ4v) is 2.57. The van der Waals surface area contributed by atoms with E-state index in [1.807, 2.05) is 0 Å². The minimum Gasteiger partial charge on any atom is -0.383 e. The molecule has 0 aliphatic heterocycles. The second-order valence-corrected chi connectivity index (χ2v) is 5.76. The molecular weight excluding hydrogens is 261 g/mol. The fraction of sp³-hybridized carbons (Fsp3) is 1.00. The molecule has 1 saturated carbocycles. The summed E-state index contributed by atoms with van der Waals surface area (Å²) in [7, 11) is 1.62. The van der Waals surface area contributed by atoms with Gasteiger partial charge in [0.25, 0.3) is 0 Å². The van der Waals surface area contributed by atoms with E-state index in [2.05, 4.69) is 0 Å². The second kappa shape index (κ2) is 10.5. The number of aliphatic hydroxyl groups is 1. The lowest BCUT2D eigenvalue weighted by atomic mass is 9.90. The normalized spacial score (nSPS) is 20.2. The summed E-state index contributed by atoms with van der Waals surface area (Å²) in [5.74, 6) is 0.558. The molecule has 0 radical (unpaired) electrons. The molecule has 0 aromatic carbocycles. The van der Waals surface area contributed by atoms with Crippen LogP contribution >= 0.6 is 0 Å². The van der Waals surface area contributed by atoms with Crippen molar-refractivity contribution in [3.8, 4) is 0 Å². The third-order valence-electron chi connectivity index (χ3n) is 3.91. The predicted octanol–water partition coefficient (Wildman–Crippen LogP) is 2.56. The first-order chi connectivity index (χ1) is 9.63. The number of halogens is 1. The molecule has 1 unspecified atom stereocenters. The van der Waals surface area contributed by atoms with Crippen LogP contribution in [0.2, 0.25) is 0 Å². The number of nitrogens with zero attached hydrogens (tertiary/aromatic N) is 1. The van der Waals surface area contributed by atoms with Crippen LogP contribution in [-0.2, 0) is 9.47 Å². The van der Waals surface area contributed by atoms with Gasteiger partial charge in [-0.05, 0) is 32.1 Å². The lowest BCUT2D eigenvalue weighted by molar-refractivity contribution is -0.203. The molecule has 0 heterocycles. The van der Waals surface area contributed by atoms with Gasteiger partial charge in [0.05, 0.1) is 19.4 Å². The highest BCUT2D eigenvalue weighted by molar-refractivity contribution is 4.66. The smallest absolute Gasteiger partial charge is 0.216 e. The Bertz CT molecular complexity index is 235. The SMILES string of the molecule is COCCN(CCC(C)F)[C@H](O)OCC1CCCCC1. The Hall–Kier alpha value is -0.230. The molecule has 5 heteroatoms. The molecule has 1 N–H and O–H groups in total. The van der Waals surface area contributed by atoms with E-state index in [1.54, 1.807) is 12.0 Å². The summed E-state index contributed by atoms with van der Waals surface area (Å²) >= 11 is 0. The summed E-state index contributed by atoms with van der Waals surface area (Å²) in [6.45, 7) is 3.66. The van der Waals surface area contributed by atoms with Crippen molar-refractivity contribution >= 4 is 0 Å². The van der Waals surface area contributed by atoms with E-state index in [-0.39, 0.29) is 0 Å². The number of hydrogen-bond acceptors (Lipinski definition) is 4. The zero-order valence-electron chi connectivity index (χ0n) is 12.9. The van der Waals surface area contributed by atoms with E-state index < -0.39 is 12.6 Å². The van der Waals surface area contributed by atoms with Crippen LogP contribution in [0.5, 0.6) is 0 Å². The van der Waals surface area contributed by atoms with Crippen molar-refractivity contribution in [1.29, 1.82) is 0 Å². The summed E-state index contributed by atoms with van der Waals surface area (Å²) in [6.07, 6.45) is 4.78. The minimum atomic E-state index is -0.953. The van der Waals surface area contributed by atoms with E-state index in [1.165, 1.54) is 39.0 Å². The number of alkyl halides is 1. The molecular formula is C15H30FNO3. The first kappa shape index (κ1) is 17.8. The number of rotatable bonds is 10. The molecule has 1 aliphatic carbocycles. The Morgan fingerprint density at radius 2 is 1.95 bits per heavy atom. The average molecular weight is 291 g/mol. The van der Waals surface area contributed by atoms with E-state index in [0.717, 1.165) is 0 Å². The zero-order valence-corrected chi connectivity index (χ0v) is 12.9. The van der Waals surface area contributed by atoms with Crippen molar-refractivity contribution in [3.05, 3.63) is 0 Å². The van der Waals surface area contributed by atoms with Crippen molar-refractivity contribution in [2.75, 3.05) is 33.4 Å². The van der Waals surface area contributed by atoms with E-state index in [4.69, 9.17) is 9.47 Å². The molecule has 0 spiro atoms. The molecule has 1 rings (SSSR count). The Labute approximate surface area is 122 Å². The van der Waals surface area contributed by atoms with Gasteiger partial charge >= 0.3 is 0 Å². The lowest BCUT2D eigenvalue weighted by Crippen LogP contribution is -2.41. The quantitative estimate of drug-likeness (QED) is 0.628. The second-order valence-electron chi connectivity index (χ2n) is 5.76. The summed E-state index contributed by atoms with van der Waals surface area (Å²) in [6, 6.07) is 0. The molecule has 0 amide bonds. The number of hydrogen-bond donors (Lipinski definition) is 1. The van der Waals surface area contributed by atoms with Gasteiger partial charge in [-0.3, -0.25) is 4.90 Å². The molecule has 2 atom stereocenters. The van der Waals surface area contributed by atoms with Gasteiger partial charge < -0.3 is 14.6 Å². The largest absolute Gasteiger partial charge is 0.383 e. The topological polar surface area (TPSA) is 41.9 Å². The van der Waals surface area contributed by atoms with E-state index >= 15 is 0 Å². The molecule has 20 heavy (non-hydrogen) atoms. The van der Waals surface area contributed by atoms with Crippen LogP contribution in [0.4, 0.5) is 4.39 Å². The summed E-state index contributed by atoms with van der Waals surface area (Å²) in [5, 5.41) is 10.1. The molecule has 1 fully saturated rings. The minimum absolute atomic E-state index is 0.396. The summed E-state index contributed by atoms with van der Waals surface area (Å²) < 4.78 is 23.5. The molecule has 0 saturated heterocycles. The van der Waals surface area contributed by atoms with Crippen LogP contribution < -0.4 is 0 Å². The molecule has 4 nitrogen and oxygen atoms in total. The van der Waals surface area contributed by atoms with E-state index in [0.29, 0.717) is 38.6 Å². The summed E-state index contributed by atoms with van der Waals surface area (Å²) in [4.78, 5) is 1.74. The van der Waals surface area contributed by atoms with Gasteiger partial charge in [0.2, 0.25) is 6.41 Å². The molecule has 0 aromatic rings. The third-order valence-corrected chi connectivity index (χ3v) is 3.91. The highest BCUT2D eigenvalue weighted by Gasteiger charge is 2.20. The van der Waals surface area contributed by atoms with Crippen molar-refractivity contribution in [3.63, 3.8) is 0 Å². The fourth-order valence-electron chi connectivity index (χ4n) is 2.57. The van der Waals surface area contributed by atoms with Gasteiger partial charge in [0.15, 0.2) is 0 Å². The van der Waals surface area contributed by atoms with Gasteiger partial charge in [-0.1, -0.05) is 19.3 Å². The van der Waals surface area contributed by atoms with Crippen molar-refractivity contribution < 1.29 is 19.0 Å². The Morgan fingerprint density at radius 3 is 2.55 bits per heavy atom. The number of aliphatic hydroxyl groups excluding tert-OH is 1. The van der Waals surface area contributed by atoms with Crippen LogP contribution in [0.1, 0.15) is 45.4 Å². The monoisotopic (exact) mass is 291 g/mol. The molecule has 0 aromatic heterocycles. The molecule has 120 valence electrons. The van der Waals surface area contributed by atoms with Crippen LogP contribution in [-0.4, -0.2) is 56.0 Å². The van der Waals surface area contributed by atoms with Crippen molar-refractivity contribution in [1.82, 2.24) is 4.90 Å². The third kappa shape index (κ3) is 7.53. The lowest BCUT2D eigenvalue weighted by Gasteiger charge is -2.29. The maximum Gasteiger partial charge on any atom is 0.216 e. The Morgan fingerprint density at radius 1 is 1.25 bits per heavy atom. The molecule has 1 aliphatic rings. The maximum absolute atomic E-state index is 12.9. The first-order valence-corrected chi connectivity index (χ1v) is 7.80. The predicted molar refractivity (Wildman–Crippen MR) is 77.2 cm³/mol. The van der Waals surface area contributed by atoms with Gasteiger partial charge in [-0.15, -0.1) is 0 Å². The van der Waals surface area contributed by atoms with Crippen LogP contribution in [0, 0.1) is 5.92 Å². The molecule has 0 bridgehead atoms. The standard InChI is InChI=1S/C15H30FNO3/c1-13(16)8-9-17(10-11-19-2)15(18)20-12-14-6-4-3-5-7-14/h13-15,18H,3-12H2,1-2H3/t13?,15-/m1/s1. The van der Waals surface area contributed by atoms with E-state index in [9.17, 15) is 9.50 Å². The van der Waals surface area contributed by atoms with Gasteiger partial charge in [-0.25, -0.2) is 4.39 Å². The van der Waals surface area contributed by atoms with Crippen molar-refractivity contribution in [2.24, 2.45) is 5.92 Å². The van der Waals surface area contributed by atoms with Crippen LogP contribution in [0.15, 0.2) is 0 Å².